The molecule has 0 atom stereocenters. The van der Waals surface area contributed by atoms with Crippen molar-refractivity contribution in [3.05, 3.63) is 46.5 Å². The van der Waals surface area contributed by atoms with E-state index in [1.54, 1.807) is 0 Å². The van der Waals surface area contributed by atoms with E-state index in [1.165, 1.54) is 54.4 Å². The first kappa shape index (κ1) is 21.0. The highest BCUT2D eigenvalue weighted by Crippen LogP contribution is 2.60. The number of carbonyl (C=O) groups is 1. The van der Waals surface area contributed by atoms with E-state index in [2.05, 4.69) is 12.1 Å². The van der Waals surface area contributed by atoms with E-state index < -0.39 is 0 Å². The number of phenols is 1. The van der Waals surface area contributed by atoms with Crippen molar-refractivity contribution in [2.45, 2.75) is 89.9 Å². The Morgan fingerprint density at radius 2 is 1.26 bits per heavy atom. The Labute approximate surface area is 202 Å². The minimum Gasteiger partial charge on any atom is -0.507 e. The standard InChI is InChI=1S/C31H36O3/c32-26-11-9-22-5-1-3-7-24(22)28(26)29-25-8-4-2-6-23(25)10-12-27(29)34-30(33)31-16-19-13-20(17-31)15-21(14-19)18-31/h9-12,19-21,32H,1-8,13-18H2. The Morgan fingerprint density at radius 1 is 0.735 bits per heavy atom. The molecule has 3 heteroatoms. The Balaban J connectivity index is 1.33. The maximum atomic E-state index is 13.9. The van der Waals surface area contributed by atoms with Gasteiger partial charge in [0.05, 0.1) is 5.41 Å². The molecule has 4 fully saturated rings. The highest BCUT2D eigenvalue weighted by Gasteiger charge is 2.55. The first-order valence-electron chi connectivity index (χ1n) is 13.8. The van der Waals surface area contributed by atoms with Crippen LogP contribution in [-0.4, -0.2) is 11.1 Å². The molecule has 1 N–H and O–H groups in total. The first-order chi connectivity index (χ1) is 16.6. The number of ether oxygens (including phenoxy) is 1. The van der Waals surface area contributed by atoms with Crippen LogP contribution >= 0.6 is 0 Å². The lowest BCUT2D eigenvalue weighted by molar-refractivity contribution is -0.161. The van der Waals surface area contributed by atoms with Gasteiger partial charge in [-0.05, 0) is 142 Å². The summed E-state index contributed by atoms with van der Waals surface area (Å²) in [6, 6.07) is 8.20. The third-order valence-electron chi connectivity index (χ3n) is 9.93. The molecule has 0 amide bonds. The normalized spacial score (nSPS) is 31.1. The Morgan fingerprint density at radius 3 is 1.88 bits per heavy atom. The van der Waals surface area contributed by atoms with Crippen LogP contribution in [0.3, 0.4) is 0 Å². The molecule has 0 aliphatic heterocycles. The van der Waals surface area contributed by atoms with Crippen molar-refractivity contribution in [1.29, 1.82) is 0 Å². The largest absolute Gasteiger partial charge is 0.507 e. The number of benzene rings is 2. The molecule has 2 aromatic carbocycles. The summed E-state index contributed by atoms with van der Waals surface area (Å²) in [7, 11) is 0. The number of rotatable bonds is 3. The van der Waals surface area contributed by atoms with E-state index in [-0.39, 0.29) is 11.4 Å². The molecule has 0 saturated heterocycles. The average Bonchev–Trinajstić information content (AvgIpc) is 2.83. The van der Waals surface area contributed by atoms with Crippen LogP contribution in [0.2, 0.25) is 0 Å². The summed E-state index contributed by atoms with van der Waals surface area (Å²) in [4.78, 5) is 13.9. The van der Waals surface area contributed by atoms with Crippen molar-refractivity contribution < 1.29 is 14.6 Å². The second-order valence-electron chi connectivity index (χ2n) is 12.2. The van der Waals surface area contributed by atoms with Crippen molar-refractivity contribution in [3.8, 4) is 22.6 Å². The van der Waals surface area contributed by atoms with Crippen molar-refractivity contribution >= 4 is 5.97 Å². The van der Waals surface area contributed by atoms with Crippen LogP contribution in [0.4, 0.5) is 0 Å². The molecule has 4 bridgehead atoms. The van der Waals surface area contributed by atoms with E-state index in [1.807, 2.05) is 12.1 Å². The lowest BCUT2D eigenvalue weighted by atomic mass is 9.49. The van der Waals surface area contributed by atoms with Crippen LogP contribution in [0.15, 0.2) is 24.3 Å². The van der Waals surface area contributed by atoms with Gasteiger partial charge >= 0.3 is 5.97 Å². The second kappa shape index (κ2) is 7.86. The number of aromatic hydroxyl groups is 1. The maximum absolute atomic E-state index is 13.9. The summed E-state index contributed by atoms with van der Waals surface area (Å²) in [5, 5.41) is 11.2. The van der Waals surface area contributed by atoms with Gasteiger partial charge in [0.1, 0.15) is 11.5 Å². The predicted octanol–water partition coefficient (Wildman–Crippen LogP) is 6.94. The number of hydrogen-bond acceptors (Lipinski definition) is 3. The zero-order valence-electron chi connectivity index (χ0n) is 20.2. The lowest BCUT2D eigenvalue weighted by Crippen LogP contribution is -2.51. The minimum absolute atomic E-state index is 0.00731. The molecule has 4 saturated carbocycles. The Bertz CT molecular complexity index is 1120. The summed E-state index contributed by atoms with van der Waals surface area (Å²) in [6.07, 6.45) is 15.9. The molecule has 6 aliphatic rings. The van der Waals surface area contributed by atoms with Gasteiger partial charge < -0.3 is 9.84 Å². The molecule has 0 radical (unpaired) electrons. The molecule has 178 valence electrons. The van der Waals surface area contributed by atoms with Gasteiger partial charge in [-0.25, -0.2) is 0 Å². The predicted molar refractivity (Wildman–Crippen MR) is 133 cm³/mol. The van der Waals surface area contributed by atoms with E-state index in [0.29, 0.717) is 29.3 Å². The summed E-state index contributed by atoms with van der Waals surface area (Å²) in [5.74, 6) is 3.18. The molecule has 0 heterocycles. The molecule has 6 aliphatic carbocycles. The fourth-order valence-electron chi connectivity index (χ4n) is 8.83. The van der Waals surface area contributed by atoms with Crippen molar-refractivity contribution in [3.63, 3.8) is 0 Å². The monoisotopic (exact) mass is 456 g/mol. The van der Waals surface area contributed by atoms with Gasteiger partial charge in [-0.1, -0.05) is 12.1 Å². The summed E-state index contributed by atoms with van der Waals surface area (Å²) < 4.78 is 6.45. The van der Waals surface area contributed by atoms with E-state index in [0.717, 1.165) is 68.9 Å². The van der Waals surface area contributed by atoms with Crippen LogP contribution in [0.5, 0.6) is 11.5 Å². The zero-order chi connectivity index (χ0) is 22.9. The Kier molecular flexibility index (Phi) is 4.86. The third kappa shape index (κ3) is 3.26. The molecule has 8 rings (SSSR count). The summed E-state index contributed by atoms with van der Waals surface area (Å²) in [6.45, 7) is 0. The van der Waals surface area contributed by atoms with E-state index in [4.69, 9.17) is 4.74 Å². The Hall–Kier alpha value is -2.29. The van der Waals surface area contributed by atoms with Gasteiger partial charge in [-0.3, -0.25) is 4.79 Å². The quantitative estimate of drug-likeness (QED) is 0.402. The topological polar surface area (TPSA) is 46.5 Å². The minimum atomic E-state index is -0.278. The van der Waals surface area contributed by atoms with E-state index >= 15 is 0 Å². The van der Waals surface area contributed by atoms with Gasteiger partial charge in [0, 0.05) is 11.1 Å². The molecule has 2 aromatic rings. The van der Waals surface area contributed by atoms with Crippen molar-refractivity contribution in [2.75, 3.05) is 0 Å². The lowest BCUT2D eigenvalue weighted by Gasteiger charge is -2.55. The SMILES string of the molecule is O=C(Oc1ccc2c(c1-c1c(O)ccc3c1CCCC3)CCCC2)C12CC3CC(CC(C3)C1)C2. The first-order valence-corrected chi connectivity index (χ1v) is 13.8. The molecular weight excluding hydrogens is 420 g/mol. The summed E-state index contributed by atoms with van der Waals surface area (Å²) in [5.41, 5.74) is 6.99. The van der Waals surface area contributed by atoms with E-state index in [9.17, 15) is 9.90 Å². The molecule has 0 aromatic heterocycles. The van der Waals surface area contributed by atoms with Crippen molar-refractivity contribution in [1.82, 2.24) is 0 Å². The average molecular weight is 457 g/mol. The highest BCUT2D eigenvalue weighted by atomic mass is 16.5. The highest BCUT2D eigenvalue weighted by molar-refractivity contribution is 5.87. The van der Waals surface area contributed by atoms with Gasteiger partial charge in [0.2, 0.25) is 0 Å². The number of hydrogen-bond donors (Lipinski definition) is 1. The summed E-state index contributed by atoms with van der Waals surface area (Å²) >= 11 is 0. The van der Waals surface area contributed by atoms with Crippen LogP contribution < -0.4 is 4.74 Å². The molecule has 34 heavy (non-hydrogen) atoms. The number of carbonyl (C=O) groups excluding carboxylic acids is 1. The smallest absolute Gasteiger partial charge is 0.317 e. The van der Waals surface area contributed by atoms with Crippen LogP contribution in [0.25, 0.3) is 11.1 Å². The maximum Gasteiger partial charge on any atom is 0.317 e. The number of esters is 1. The second-order valence-corrected chi connectivity index (χ2v) is 12.2. The third-order valence-corrected chi connectivity index (χ3v) is 9.93. The molecule has 0 unspecified atom stereocenters. The fourth-order valence-corrected chi connectivity index (χ4v) is 8.83. The van der Waals surface area contributed by atoms with Crippen LogP contribution in [0.1, 0.15) is 86.5 Å². The number of phenolic OH excluding ortho intramolecular Hbond substituents is 1. The molecule has 0 spiro atoms. The van der Waals surface area contributed by atoms with Gasteiger partial charge in [0.15, 0.2) is 0 Å². The molecule has 3 nitrogen and oxygen atoms in total. The van der Waals surface area contributed by atoms with Gasteiger partial charge in [0.25, 0.3) is 0 Å². The van der Waals surface area contributed by atoms with Gasteiger partial charge in [-0.2, -0.15) is 0 Å². The van der Waals surface area contributed by atoms with Crippen LogP contribution in [0, 0.1) is 23.2 Å². The van der Waals surface area contributed by atoms with Crippen molar-refractivity contribution in [2.24, 2.45) is 23.2 Å². The van der Waals surface area contributed by atoms with Crippen LogP contribution in [-0.2, 0) is 30.5 Å². The number of fused-ring (bicyclic) bond motifs is 2. The van der Waals surface area contributed by atoms with Gasteiger partial charge in [-0.15, -0.1) is 0 Å². The zero-order valence-corrected chi connectivity index (χ0v) is 20.2. The number of aryl methyl sites for hydroxylation is 2. The fraction of sp³-hybridized carbons (Fsp3) is 0.581. The molecular formula is C31H36O3.